The van der Waals surface area contributed by atoms with Gasteiger partial charge in [0.15, 0.2) is 5.82 Å². The molecular formula is C32H21BrN2. The van der Waals surface area contributed by atoms with Gasteiger partial charge in [-0.15, -0.1) is 0 Å². The summed E-state index contributed by atoms with van der Waals surface area (Å²) >= 11 is 3.59. The second kappa shape index (κ2) is 9.28. The van der Waals surface area contributed by atoms with E-state index in [1.807, 2.05) is 36.4 Å². The number of halogens is 1. The molecule has 0 saturated heterocycles. The summed E-state index contributed by atoms with van der Waals surface area (Å²) in [5.74, 6) is 0.714. The molecule has 0 aliphatic rings. The second-order valence-corrected chi connectivity index (χ2v) is 9.37. The standard InChI is InChI=1S/C32H21BrN2/c33-28-15-9-14-24(21-28)32-34-30-17-8-7-16-29(30)31(35-32)27-19-25(22-10-3-1-4-11-22)18-26(20-27)23-12-5-2-6-13-23/h1-21H. The molecule has 3 heteroatoms. The number of nitrogens with zero attached hydrogens (tertiary/aromatic N) is 2. The number of aromatic nitrogens is 2. The predicted octanol–water partition coefficient (Wildman–Crippen LogP) is 9.06. The molecule has 0 amide bonds. The number of fused-ring (bicyclic) bond motifs is 1. The van der Waals surface area contributed by atoms with E-state index in [4.69, 9.17) is 9.97 Å². The number of hydrogen-bond acceptors (Lipinski definition) is 2. The predicted molar refractivity (Wildman–Crippen MR) is 149 cm³/mol. The molecule has 0 radical (unpaired) electrons. The lowest BCUT2D eigenvalue weighted by molar-refractivity contribution is 1.23. The summed E-state index contributed by atoms with van der Waals surface area (Å²) in [5, 5.41) is 1.04. The average molecular weight is 513 g/mol. The van der Waals surface area contributed by atoms with Gasteiger partial charge in [0.25, 0.3) is 0 Å². The highest BCUT2D eigenvalue weighted by Crippen LogP contribution is 2.36. The van der Waals surface area contributed by atoms with Gasteiger partial charge in [0.1, 0.15) is 0 Å². The van der Waals surface area contributed by atoms with E-state index in [-0.39, 0.29) is 0 Å². The molecular weight excluding hydrogens is 492 g/mol. The van der Waals surface area contributed by atoms with Crippen molar-refractivity contribution >= 4 is 26.8 Å². The Morgan fingerprint density at radius 1 is 0.429 bits per heavy atom. The van der Waals surface area contributed by atoms with Crippen LogP contribution in [0.25, 0.3) is 55.8 Å². The van der Waals surface area contributed by atoms with Crippen LogP contribution in [0.4, 0.5) is 0 Å². The van der Waals surface area contributed by atoms with E-state index < -0.39 is 0 Å². The van der Waals surface area contributed by atoms with Crippen LogP contribution in [0.15, 0.2) is 132 Å². The van der Waals surface area contributed by atoms with Crippen LogP contribution in [0.5, 0.6) is 0 Å². The highest BCUT2D eigenvalue weighted by Gasteiger charge is 2.14. The molecule has 2 nitrogen and oxygen atoms in total. The van der Waals surface area contributed by atoms with Crippen LogP contribution < -0.4 is 0 Å². The van der Waals surface area contributed by atoms with Gasteiger partial charge in [0, 0.05) is 21.0 Å². The largest absolute Gasteiger partial charge is 0.228 e. The summed E-state index contributed by atoms with van der Waals surface area (Å²) < 4.78 is 1.01. The molecule has 0 unspecified atom stereocenters. The monoisotopic (exact) mass is 512 g/mol. The minimum atomic E-state index is 0.714. The maximum Gasteiger partial charge on any atom is 0.160 e. The molecule has 1 aromatic heterocycles. The molecule has 6 rings (SSSR count). The Morgan fingerprint density at radius 2 is 1.00 bits per heavy atom. The third-order valence-corrected chi connectivity index (χ3v) is 6.60. The summed E-state index contributed by atoms with van der Waals surface area (Å²) in [6.45, 7) is 0. The highest BCUT2D eigenvalue weighted by atomic mass is 79.9. The molecule has 0 atom stereocenters. The SMILES string of the molecule is Brc1cccc(-c2nc(-c3cc(-c4ccccc4)cc(-c4ccccc4)c3)c3ccccc3n2)c1. The van der Waals surface area contributed by atoms with Gasteiger partial charge in [0.2, 0.25) is 0 Å². The van der Waals surface area contributed by atoms with Crippen LogP contribution in [-0.2, 0) is 0 Å². The van der Waals surface area contributed by atoms with Crippen molar-refractivity contribution in [2.75, 3.05) is 0 Å². The van der Waals surface area contributed by atoms with Crippen LogP contribution in [0.3, 0.4) is 0 Å². The lowest BCUT2D eigenvalue weighted by atomic mass is 9.94. The minimum absolute atomic E-state index is 0.714. The van der Waals surface area contributed by atoms with Crippen molar-refractivity contribution < 1.29 is 0 Å². The van der Waals surface area contributed by atoms with E-state index in [9.17, 15) is 0 Å². The van der Waals surface area contributed by atoms with Gasteiger partial charge in [0.05, 0.1) is 11.2 Å². The van der Waals surface area contributed by atoms with Crippen molar-refractivity contribution in [1.82, 2.24) is 9.97 Å². The zero-order chi connectivity index (χ0) is 23.6. The molecule has 0 aliphatic carbocycles. The maximum absolute atomic E-state index is 5.12. The molecule has 5 aromatic carbocycles. The molecule has 0 spiro atoms. The van der Waals surface area contributed by atoms with Gasteiger partial charge in [-0.3, -0.25) is 0 Å². The summed E-state index contributed by atoms with van der Waals surface area (Å²) in [5.41, 5.74) is 8.59. The summed E-state index contributed by atoms with van der Waals surface area (Å²) in [4.78, 5) is 10.0. The number of para-hydroxylation sites is 1. The Balaban J connectivity index is 1.63. The first-order chi connectivity index (χ1) is 17.2. The molecule has 0 aliphatic heterocycles. The van der Waals surface area contributed by atoms with E-state index in [1.165, 1.54) is 11.1 Å². The molecule has 166 valence electrons. The fourth-order valence-electron chi connectivity index (χ4n) is 4.41. The van der Waals surface area contributed by atoms with Crippen LogP contribution in [-0.4, -0.2) is 9.97 Å². The van der Waals surface area contributed by atoms with E-state index in [2.05, 4.69) is 107 Å². The lowest BCUT2D eigenvalue weighted by Gasteiger charge is -2.13. The molecule has 1 heterocycles. The average Bonchev–Trinajstić information content (AvgIpc) is 2.93. The van der Waals surface area contributed by atoms with Crippen molar-refractivity contribution in [3.63, 3.8) is 0 Å². The van der Waals surface area contributed by atoms with E-state index in [0.29, 0.717) is 5.82 Å². The van der Waals surface area contributed by atoms with Crippen molar-refractivity contribution in [2.24, 2.45) is 0 Å². The van der Waals surface area contributed by atoms with Gasteiger partial charge in [-0.2, -0.15) is 0 Å². The Bertz CT molecular complexity index is 1590. The van der Waals surface area contributed by atoms with Gasteiger partial charge < -0.3 is 0 Å². The Morgan fingerprint density at radius 3 is 1.66 bits per heavy atom. The third-order valence-electron chi connectivity index (χ3n) is 6.11. The summed E-state index contributed by atoms with van der Waals surface area (Å²) in [7, 11) is 0. The highest BCUT2D eigenvalue weighted by molar-refractivity contribution is 9.10. The molecule has 6 aromatic rings. The first kappa shape index (κ1) is 21.5. The smallest absolute Gasteiger partial charge is 0.160 e. The minimum Gasteiger partial charge on any atom is -0.228 e. The molecule has 0 N–H and O–H groups in total. The zero-order valence-electron chi connectivity index (χ0n) is 18.9. The second-order valence-electron chi connectivity index (χ2n) is 8.45. The van der Waals surface area contributed by atoms with Gasteiger partial charge >= 0.3 is 0 Å². The number of benzene rings is 5. The Kier molecular flexibility index (Phi) is 5.69. The zero-order valence-corrected chi connectivity index (χ0v) is 20.5. The van der Waals surface area contributed by atoms with Crippen molar-refractivity contribution in [3.05, 3.63) is 132 Å². The Labute approximate surface area is 213 Å². The van der Waals surface area contributed by atoms with Gasteiger partial charge in [-0.05, 0) is 58.7 Å². The van der Waals surface area contributed by atoms with Crippen LogP contribution in [0.1, 0.15) is 0 Å². The van der Waals surface area contributed by atoms with E-state index >= 15 is 0 Å². The Hall–Kier alpha value is -4.08. The van der Waals surface area contributed by atoms with Crippen molar-refractivity contribution in [3.8, 4) is 44.9 Å². The van der Waals surface area contributed by atoms with E-state index in [0.717, 1.165) is 43.3 Å². The number of rotatable bonds is 4. The molecule has 35 heavy (non-hydrogen) atoms. The number of hydrogen-bond donors (Lipinski definition) is 0. The van der Waals surface area contributed by atoms with Gasteiger partial charge in [-0.1, -0.05) is 107 Å². The first-order valence-electron chi connectivity index (χ1n) is 11.5. The van der Waals surface area contributed by atoms with E-state index in [1.54, 1.807) is 0 Å². The van der Waals surface area contributed by atoms with Crippen molar-refractivity contribution in [2.45, 2.75) is 0 Å². The molecule has 0 fully saturated rings. The van der Waals surface area contributed by atoms with Crippen molar-refractivity contribution in [1.29, 1.82) is 0 Å². The van der Waals surface area contributed by atoms with Gasteiger partial charge in [-0.25, -0.2) is 9.97 Å². The third kappa shape index (κ3) is 4.39. The quantitative estimate of drug-likeness (QED) is 0.235. The summed E-state index contributed by atoms with van der Waals surface area (Å²) in [6, 6.07) is 44.1. The fourth-order valence-corrected chi connectivity index (χ4v) is 4.81. The first-order valence-corrected chi connectivity index (χ1v) is 12.3. The normalized spacial score (nSPS) is 11.0. The topological polar surface area (TPSA) is 25.8 Å². The van der Waals surface area contributed by atoms with Crippen LogP contribution >= 0.6 is 15.9 Å². The van der Waals surface area contributed by atoms with Crippen LogP contribution in [0, 0.1) is 0 Å². The maximum atomic E-state index is 5.12. The lowest BCUT2D eigenvalue weighted by Crippen LogP contribution is -1.96. The molecule has 0 saturated carbocycles. The molecule has 0 bridgehead atoms. The summed E-state index contributed by atoms with van der Waals surface area (Å²) in [6.07, 6.45) is 0. The fraction of sp³-hybridized carbons (Fsp3) is 0. The van der Waals surface area contributed by atoms with Crippen LogP contribution in [0.2, 0.25) is 0 Å².